The Hall–Kier alpha value is -1.85. The lowest BCUT2D eigenvalue weighted by Gasteiger charge is -2.21. The average molecular weight is 339 g/mol. The van der Waals surface area contributed by atoms with E-state index < -0.39 is 15.9 Å². The van der Waals surface area contributed by atoms with E-state index in [0.29, 0.717) is 0 Å². The predicted molar refractivity (Wildman–Crippen MR) is 98.7 cm³/mol. The van der Waals surface area contributed by atoms with Gasteiger partial charge in [-0.05, 0) is 28.4 Å². The van der Waals surface area contributed by atoms with Crippen LogP contribution in [0.15, 0.2) is 84.9 Å². The lowest BCUT2D eigenvalue weighted by molar-refractivity contribution is 0.502. The summed E-state index contributed by atoms with van der Waals surface area (Å²) in [7, 11) is -2.93. The molecule has 3 aromatic rings. The fraction of sp³-hybridized carbons (Fsp3) is 0.0526. The zero-order chi connectivity index (χ0) is 16.1. The van der Waals surface area contributed by atoms with Crippen molar-refractivity contribution in [2.45, 2.75) is 6.16 Å². The third-order valence-corrected chi connectivity index (χ3v) is 6.73. The summed E-state index contributed by atoms with van der Waals surface area (Å²) in [5.41, 5.74) is 0.954. The second-order valence-corrected chi connectivity index (χ2v) is 8.35. The molecule has 0 amide bonds. The van der Waals surface area contributed by atoms with Crippen molar-refractivity contribution in [1.29, 1.82) is 0 Å². The first-order valence-corrected chi connectivity index (χ1v) is 10.1. The van der Waals surface area contributed by atoms with Crippen molar-refractivity contribution in [3.63, 3.8) is 0 Å². The van der Waals surface area contributed by atoms with Gasteiger partial charge in [-0.3, -0.25) is 0 Å². The molecule has 4 heteroatoms. The summed E-state index contributed by atoms with van der Waals surface area (Å²) in [4.78, 5) is 9.37. The minimum atomic E-state index is -2.20. The van der Waals surface area contributed by atoms with Crippen LogP contribution in [0.3, 0.4) is 0 Å². The lowest BCUT2D eigenvalue weighted by atomic mass is 10.2. The van der Waals surface area contributed by atoms with Crippen molar-refractivity contribution >= 4 is 31.9 Å². The molecular weight excluding hydrogens is 322 g/mol. The van der Waals surface area contributed by atoms with Crippen molar-refractivity contribution in [2.24, 2.45) is 0 Å². The van der Waals surface area contributed by atoms with Gasteiger partial charge in [-0.15, -0.1) is 0 Å². The van der Waals surface area contributed by atoms with Crippen LogP contribution in [0.25, 0.3) is 0 Å². The molecule has 0 heterocycles. The number of benzene rings is 3. The van der Waals surface area contributed by atoms with Crippen LogP contribution in [0, 0.1) is 0 Å². The molecule has 1 N–H and O–H groups in total. The van der Waals surface area contributed by atoms with E-state index in [1.54, 1.807) is 0 Å². The molecule has 0 aliphatic heterocycles. The molecule has 0 aromatic heterocycles. The van der Waals surface area contributed by atoms with Gasteiger partial charge in [-0.25, -0.2) is 0 Å². The Labute approximate surface area is 138 Å². The molecule has 23 heavy (non-hydrogen) atoms. The molecular formula is C19H17O2P2+. The second-order valence-electron chi connectivity index (χ2n) is 5.15. The monoisotopic (exact) mass is 339 g/mol. The largest absolute Gasteiger partial charge is 0.510 e. The van der Waals surface area contributed by atoms with E-state index >= 15 is 0 Å². The highest BCUT2D eigenvalue weighted by atomic mass is 31.1. The van der Waals surface area contributed by atoms with Crippen LogP contribution in [0.4, 0.5) is 0 Å². The summed E-state index contributed by atoms with van der Waals surface area (Å²) in [6, 6.07) is 28.7. The fourth-order valence-corrected chi connectivity index (χ4v) is 5.75. The topological polar surface area (TPSA) is 37.3 Å². The highest BCUT2D eigenvalue weighted by Crippen LogP contribution is 2.35. The fourth-order valence-electron chi connectivity index (χ4n) is 2.59. The maximum atomic E-state index is 11.4. The van der Waals surface area contributed by atoms with Gasteiger partial charge in [0.1, 0.15) is 0 Å². The lowest BCUT2D eigenvalue weighted by Crippen LogP contribution is -2.22. The molecule has 0 saturated heterocycles. The Morgan fingerprint density at radius 1 is 0.739 bits per heavy atom. The van der Waals surface area contributed by atoms with E-state index in [0.717, 1.165) is 10.9 Å². The standard InChI is InChI=1S/C19H16O2P2/c20-22(21)15-16-9-7-8-14-19(16)23(17-10-3-1-4-11-17)18-12-5-2-6-13-18/h1-14H,15H2/p+1. The summed E-state index contributed by atoms with van der Waals surface area (Å²) < 4.78 is 11.4. The van der Waals surface area contributed by atoms with Crippen molar-refractivity contribution in [3.8, 4) is 0 Å². The van der Waals surface area contributed by atoms with Crippen LogP contribution in [0.2, 0.25) is 0 Å². The molecule has 114 valence electrons. The smallest absolute Gasteiger partial charge is 0.160 e. The molecule has 0 spiro atoms. The first kappa shape index (κ1) is 16.0. The highest BCUT2D eigenvalue weighted by Gasteiger charge is 2.22. The van der Waals surface area contributed by atoms with Crippen LogP contribution in [-0.2, 0) is 10.7 Å². The van der Waals surface area contributed by atoms with Gasteiger partial charge in [-0.2, -0.15) is 4.89 Å². The molecule has 0 aliphatic carbocycles. The average Bonchev–Trinajstić information content (AvgIpc) is 2.58. The van der Waals surface area contributed by atoms with Crippen molar-refractivity contribution < 1.29 is 9.46 Å². The quantitative estimate of drug-likeness (QED) is 0.720. The van der Waals surface area contributed by atoms with Gasteiger partial charge in [0.2, 0.25) is 6.16 Å². The van der Waals surface area contributed by atoms with Crippen LogP contribution < -0.4 is 15.9 Å². The molecule has 3 aromatic carbocycles. The maximum absolute atomic E-state index is 11.4. The van der Waals surface area contributed by atoms with Gasteiger partial charge in [0, 0.05) is 5.56 Å². The minimum absolute atomic E-state index is 0.198. The zero-order valence-electron chi connectivity index (χ0n) is 12.5. The molecule has 0 saturated carbocycles. The van der Waals surface area contributed by atoms with Crippen LogP contribution >= 0.6 is 15.9 Å². The first-order chi connectivity index (χ1) is 11.3. The minimum Gasteiger partial charge on any atom is -0.160 e. The van der Waals surface area contributed by atoms with Gasteiger partial charge in [0.05, 0.1) is 0 Å². The molecule has 0 fully saturated rings. The van der Waals surface area contributed by atoms with Gasteiger partial charge >= 0.3 is 8.03 Å². The first-order valence-electron chi connectivity index (χ1n) is 7.37. The maximum Gasteiger partial charge on any atom is 0.510 e. The van der Waals surface area contributed by atoms with Crippen LogP contribution in [0.5, 0.6) is 0 Å². The molecule has 3 rings (SSSR count). The van der Waals surface area contributed by atoms with Gasteiger partial charge in [-0.1, -0.05) is 84.9 Å². The number of rotatable bonds is 5. The Bertz CT molecular complexity index is 749. The molecule has 1 atom stereocenters. The van der Waals surface area contributed by atoms with Gasteiger partial charge in [0.25, 0.3) is 0 Å². The van der Waals surface area contributed by atoms with E-state index in [1.807, 2.05) is 54.6 Å². The molecule has 0 bridgehead atoms. The summed E-state index contributed by atoms with van der Waals surface area (Å²) in [5, 5.41) is 3.64. The normalized spacial score (nSPS) is 11.5. The third-order valence-electron chi connectivity index (χ3n) is 3.57. The Balaban J connectivity index is 2.15. The Kier molecular flexibility index (Phi) is 5.31. The van der Waals surface area contributed by atoms with E-state index in [4.69, 9.17) is 0 Å². The molecule has 1 unspecified atom stereocenters. The molecule has 0 radical (unpaired) electrons. The summed E-state index contributed by atoms with van der Waals surface area (Å²) >= 11 is 0. The van der Waals surface area contributed by atoms with Gasteiger partial charge in [0.15, 0.2) is 0 Å². The zero-order valence-corrected chi connectivity index (χ0v) is 14.3. The Morgan fingerprint density at radius 3 is 1.74 bits per heavy atom. The van der Waals surface area contributed by atoms with Crippen molar-refractivity contribution in [2.75, 3.05) is 0 Å². The molecule has 2 nitrogen and oxygen atoms in total. The van der Waals surface area contributed by atoms with Crippen LogP contribution in [-0.4, -0.2) is 4.89 Å². The summed E-state index contributed by atoms with van der Waals surface area (Å²) in [6.07, 6.45) is 0.198. The second kappa shape index (κ2) is 7.62. The van der Waals surface area contributed by atoms with E-state index in [-0.39, 0.29) is 6.16 Å². The highest BCUT2D eigenvalue weighted by molar-refractivity contribution is 7.80. The van der Waals surface area contributed by atoms with Gasteiger partial charge < -0.3 is 0 Å². The van der Waals surface area contributed by atoms with E-state index in [9.17, 15) is 9.46 Å². The number of hydrogen-bond acceptors (Lipinski definition) is 1. The van der Waals surface area contributed by atoms with E-state index in [2.05, 4.69) is 30.3 Å². The molecule has 0 aliphatic rings. The summed E-state index contributed by atoms with van der Waals surface area (Å²) in [5.74, 6) is 0. The summed E-state index contributed by atoms with van der Waals surface area (Å²) in [6.45, 7) is 0. The SMILES string of the molecule is O=[P+](O)Cc1ccccc1P(c1ccccc1)c1ccccc1. The predicted octanol–water partition coefficient (Wildman–Crippen LogP) is 3.68. The van der Waals surface area contributed by atoms with Crippen LogP contribution in [0.1, 0.15) is 5.56 Å². The van der Waals surface area contributed by atoms with Crippen molar-refractivity contribution in [1.82, 2.24) is 0 Å². The Morgan fingerprint density at radius 2 is 1.22 bits per heavy atom. The number of hydrogen-bond donors (Lipinski definition) is 1. The van der Waals surface area contributed by atoms with E-state index in [1.165, 1.54) is 10.6 Å². The van der Waals surface area contributed by atoms with Crippen molar-refractivity contribution in [3.05, 3.63) is 90.5 Å². The third kappa shape index (κ3) is 3.92.